The topological polar surface area (TPSA) is 116 Å². The number of carboxylic acids is 1. The lowest BCUT2D eigenvalue weighted by Gasteiger charge is -2.14. The second kappa shape index (κ2) is 18.9. The summed E-state index contributed by atoms with van der Waals surface area (Å²) in [6, 6.07) is 1.96. The SMILES string of the molecule is C/C=C/C=C/C=C/C(=O)Oc1cc(C(=O)O)cc(OC(=O)/C=C/C=C/C=C/C)c1OC(=O)/C=C/C=C/C=C/C. The fourth-order valence-corrected chi connectivity index (χ4v) is 2.49. The molecule has 0 aliphatic carbocycles. The lowest BCUT2D eigenvalue weighted by atomic mass is 10.2. The van der Waals surface area contributed by atoms with Crippen LogP contribution in [0.2, 0.25) is 0 Å². The number of esters is 3. The first-order chi connectivity index (χ1) is 18.8. The van der Waals surface area contributed by atoms with Crippen LogP contribution in [-0.4, -0.2) is 29.0 Å². The number of carbonyl (C=O) groups is 4. The largest absolute Gasteiger partial charge is 0.478 e. The van der Waals surface area contributed by atoms with E-state index in [1.54, 1.807) is 72.9 Å². The van der Waals surface area contributed by atoms with E-state index >= 15 is 0 Å². The molecule has 0 atom stereocenters. The molecule has 1 N–H and O–H groups in total. The van der Waals surface area contributed by atoms with E-state index in [1.807, 2.05) is 20.8 Å². The quantitative estimate of drug-likeness (QED) is 0.139. The van der Waals surface area contributed by atoms with E-state index in [2.05, 4.69) is 0 Å². The Bertz CT molecular complexity index is 1210. The van der Waals surface area contributed by atoms with E-state index in [-0.39, 0.29) is 5.56 Å². The molecule has 0 saturated heterocycles. The molecule has 8 nitrogen and oxygen atoms in total. The van der Waals surface area contributed by atoms with Gasteiger partial charge >= 0.3 is 23.9 Å². The summed E-state index contributed by atoms with van der Waals surface area (Å²) in [6.45, 7) is 5.49. The molecule has 1 aromatic carbocycles. The molecule has 0 aliphatic rings. The van der Waals surface area contributed by atoms with E-state index in [4.69, 9.17) is 14.2 Å². The summed E-state index contributed by atoms with van der Waals surface area (Å²) < 4.78 is 15.8. The molecule has 0 heterocycles. The van der Waals surface area contributed by atoms with Gasteiger partial charge in [0, 0.05) is 18.2 Å². The molecule has 0 amide bonds. The van der Waals surface area contributed by atoms with E-state index in [1.165, 1.54) is 18.2 Å². The molecule has 0 aliphatic heterocycles. The molecule has 0 bridgehead atoms. The van der Waals surface area contributed by atoms with Crippen molar-refractivity contribution in [3.63, 3.8) is 0 Å². The number of ether oxygens (including phenoxy) is 3. The van der Waals surface area contributed by atoms with Gasteiger partial charge in [-0.15, -0.1) is 0 Å². The van der Waals surface area contributed by atoms with Crippen LogP contribution in [0.5, 0.6) is 17.2 Å². The van der Waals surface area contributed by atoms with Crippen LogP contribution in [0.15, 0.2) is 122 Å². The van der Waals surface area contributed by atoms with Crippen molar-refractivity contribution in [3.05, 3.63) is 127 Å². The molecule has 0 saturated carbocycles. The minimum Gasteiger partial charge on any atom is -0.478 e. The molecule has 1 aromatic rings. The molecule has 39 heavy (non-hydrogen) atoms. The average molecular weight is 531 g/mol. The fraction of sp³-hybridized carbons (Fsp3) is 0.0968. The monoisotopic (exact) mass is 530 g/mol. The zero-order valence-corrected chi connectivity index (χ0v) is 21.9. The number of hydrogen-bond donors (Lipinski definition) is 1. The first-order valence-corrected chi connectivity index (χ1v) is 11.8. The maximum absolute atomic E-state index is 12.5. The van der Waals surface area contributed by atoms with Gasteiger partial charge in [0.1, 0.15) is 0 Å². The number of carboxylic acid groups (broad SMARTS) is 1. The predicted octanol–water partition coefficient (Wildman–Crippen LogP) is 6.17. The molecular weight excluding hydrogens is 500 g/mol. The van der Waals surface area contributed by atoms with Gasteiger partial charge in [-0.1, -0.05) is 91.1 Å². The molecule has 0 radical (unpaired) electrons. The van der Waals surface area contributed by atoms with Crippen LogP contribution in [0.4, 0.5) is 0 Å². The number of hydrogen-bond acceptors (Lipinski definition) is 7. The minimum atomic E-state index is -1.40. The molecule has 1 rings (SSSR count). The van der Waals surface area contributed by atoms with Crippen molar-refractivity contribution >= 4 is 23.9 Å². The molecule has 0 unspecified atom stereocenters. The lowest BCUT2D eigenvalue weighted by Crippen LogP contribution is -2.13. The summed E-state index contributed by atoms with van der Waals surface area (Å²) in [5, 5.41) is 9.54. The van der Waals surface area contributed by atoms with Crippen molar-refractivity contribution in [3.8, 4) is 17.2 Å². The molecule has 0 aromatic heterocycles. The maximum Gasteiger partial charge on any atom is 0.336 e. The molecule has 0 fully saturated rings. The van der Waals surface area contributed by atoms with Gasteiger partial charge in [0.2, 0.25) is 5.75 Å². The van der Waals surface area contributed by atoms with Crippen molar-refractivity contribution in [1.82, 2.24) is 0 Å². The lowest BCUT2D eigenvalue weighted by molar-refractivity contribution is -0.132. The van der Waals surface area contributed by atoms with Crippen molar-refractivity contribution in [2.75, 3.05) is 0 Å². The second-order valence-electron chi connectivity index (χ2n) is 7.18. The Morgan fingerprint density at radius 3 is 1.21 bits per heavy atom. The van der Waals surface area contributed by atoms with Gasteiger partial charge in [-0.05, 0) is 32.9 Å². The summed E-state index contributed by atoms with van der Waals surface area (Å²) in [7, 11) is 0. The fourth-order valence-electron chi connectivity index (χ4n) is 2.49. The van der Waals surface area contributed by atoms with Crippen molar-refractivity contribution < 1.29 is 38.5 Å². The van der Waals surface area contributed by atoms with E-state index < -0.39 is 41.1 Å². The van der Waals surface area contributed by atoms with E-state index in [0.717, 1.165) is 30.4 Å². The van der Waals surface area contributed by atoms with Crippen LogP contribution >= 0.6 is 0 Å². The van der Waals surface area contributed by atoms with Crippen LogP contribution in [0.25, 0.3) is 0 Å². The zero-order valence-electron chi connectivity index (χ0n) is 21.9. The van der Waals surface area contributed by atoms with Crippen molar-refractivity contribution in [2.45, 2.75) is 20.8 Å². The first kappa shape index (κ1) is 31.8. The first-order valence-electron chi connectivity index (χ1n) is 11.8. The van der Waals surface area contributed by atoms with Crippen LogP contribution in [0.1, 0.15) is 31.1 Å². The second-order valence-corrected chi connectivity index (χ2v) is 7.18. The van der Waals surface area contributed by atoms with Gasteiger partial charge < -0.3 is 19.3 Å². The van der Waals surface area contributed by atoms with E-state index in [9.17, 15) is 24.3 Å². The third-order valence-electron chi connectivity index (χ3n) is 4.17. The Morgan fingerprint density at radius 2 is 0.872 bits per heavy atom. The Balaban J connectivity index is 3.45. The number of carbonyl (C=O) groups excluding carboxylic acids is 3. The highest BCUT2D eigenvalue weighted by Crippen LogP contribution is 2.39. The zero-order chi connectivity index (χ0) is 28.9. The predicted molar refractivity (Wildman–Crippen MR) is 150 cm³/mol. The van der Waals surface area contributed by atoms with Crippen molar-refractivity contribution in [1.29, 1.82) is 0 Å². The maximum atomic E-state index is 12.5. The van der Waals surface area contributed by atoms with Gasteiger partial charge in [0.15, 0.2) is 11.5 Å². The normalized spacial score (nSPS) is 12.6. The number of benzene rings is 1. The standard InChI is InChI=1S/C31H30O8/c1-4-7-10-13-16-19-27(32)37-25-22-24(31(35)36)23-26(38-28(33)20-17-14-11-8-5-2)30(25)39-29(34)21-18-15-12-9-6-3/h4-23H,1-3H3,(H,35,36)/b7-4+,8-5+,9-6+,13-10+,14-11+,15-12+,19-16+,20-17+,21-18+. The Kier molecular flexibility index (Phi) is 15.4. The van der Waals surface area contributed by atoms with Gasteiger partial charge in [-0.3, -0.25) is 0 Å². The Morgan fingerprint density at radius 1 is 0.538 bits per heavy atom. The van der Waals surface area contributed by atoms with Gasteiger partial charge in [-0.2, -0.15) is 0 Å². The number of rotatable bonds is 13. The minimum absolute atomic E-state index is 0.376. The Hall–Kier alpha value is -5.24. The third kappa shape index (κ3) is 13.6. The summed E-state index contributed by atoms with van der Waals surface area (Å²) in [6.07, 6.45) is 27.8. The molecule has 0 spiro atoms. The number of allylic oxidation sites excluding steroid dienone is 15. The van der Waals surface area contributed by atoms with E-state index in [0.29, 0.717) is 0 Å². The average Bonchev–Trinajstić information content (AvgIpc) is 2.89. The highest BCUT2D eigenvalue weighted by Gasteiger charge is 2.23. The highest BCUT2D eigenvalue weighted by molar-refractivity contribution is 5.93. The third-order valence-corrected chi connectivity index (χ3v) is 4.17. The van der Waals surface area contributed by atoms with Gasteiger partial charge in [0.05, 0.1) is 5.56 Å². The molecule has 202 valence electrons. The molecule has 8 heteroatoms. The van der Waals surface area contributed by atoms with Gasteiger partial charge in [0.25, 0.3) is 0 Å². The van der Waals surface area contributed by atoms with Crippen LogP contribution in [-0.2, 0) is 14.4 Å². The van der Waals surface area contributed by atoms with Crippen LogP contribution < -0.4 is 14.2 Å². The smallest absolute Gasteiger partial charge is 0.336 e. The number of aromatic carboxylic acids is 1. The van der Waals surface area contributed by atoms with Crippen LogP contribution in [0.3, 0.4) is 0 Å². The summed E-state index contributed by atoms with van der Waals surface area (Å²) in [5.41, 5.74) is -0.376. The molecular formula is C31H30O8. The highest BCUT2D eigenvalue weighted by atomic mass is 16.6. The summed E-state index contributed by atoms with van der Waals surface area (Å²) in [5.74, 6) is -5.41. The van der Waals surface area contributed by atoms with Crippen LogP contribution in [0, 0.1) is 0 Å². The summed E-state index contributed by atoms with van der Waals surface area (Å²) >= 11 is 0. The Labute approximate surface area is 227 Å². The van der Waals surface area contributed by atoms with Crippen molar-refractivity contribution in [2.24, 2.45) is 0 Å². The summed E-state index contributed by atoms with van der Waals surface area (Å²) in [4.78, 5) is 49.0. The van der Waals surface area contributed by atoms with Gasteiger partial charge in [-0.25, -0.2) is 19.2 Å².